The maximum Gasteiger partial charge on any atom is 0.581 e. The Hall–Kier alpha value is -0.316. The van der Waals surface area contributed by atoms with Crippen molar-refractivity contribution in [2.45, 2.75) is 56.0 Å². The predicted molar refractivity (Wildman–Crippen MR) is 81.7 cm³/mol. The molecule has 0 rings (SSSR count). The van der Waals surface area contributed by atoms with Gasteiger partial charge in [-0.1, -0.05) is 19.6 Å². The van der Waals surface area contributed by atoms with Gasteiger partial charge in [-0.3, -0.25) is 0 Å². The van der Waals surface area contributed by atoms with Gasteiger partial charge in [-0.25, -0.2) is 0 Å². The van der Waals surface area contributed by atoms with Crippen molar-refractivity contribution < 1.29 is 52.8 Å². The summed E-state index contributed by atoms with van der Waals surface area (Å²) < 4.78 is 129. The zero-order valence-electron chi connectivity index (χ0n) is 15.1. The highest BCUT2D eigenvalue weighted by Crippen LogP contribution is 2.52. The molecule has 0 saturated heterocycles. The minimum Gasteiger partial charge on any atom is -0.373 e. The minimum atomic E-state index is -6.18. The Morgan fingerprint density at radius 3 is 1.23 bits per heavy atom. The molecule has 0 saturated carbocycles. The highest BCUT2D eigenvalue weighted by atomic mass is 28.4. The van der Waals surface area contributed by atoms with Crippen LogP contribution in [-0.2, 0) is 13.3 Å². The van der Waals surface area contributed by atoms with Crippen LogP contribution in [0, 0.1) is 0 Å². The quantitative estimate of drug-likeness (QED) is 0.401. The smallest absolute Gasteiger partial charge is 0.373 e. The molecule has 0 spiro atoms. The molecular formula is C12H23F9O3Si2. The molecule has 14 heteroatoms. The molecule has 0 fully saturated rings. The van der Waals surface area contributed by atoms with E-state index in [0.29, 0.717) is 21.3 Å². The summed E-state index contributed by atoms with van der Waals surface area (Å²) in [6.45, 7) is 6.92. The third-order valence-electron chi connectivity index (χ3n) is 2.77. The van der Waals surface area contributed by atoms with E-state index in [1.807, 2.05) is 0 Å². The Bertz CT molecular complexity index is 402. The lowest BCUT2D eigenvalue weighted by Crippen LogP contribution is -2.71. The lowest BCUT2D eigenvalue weighted by molar-refractivity contribution is -0.303. The summed E-state index contributed by atoms with van der Waals surface area (Å²) in [5.41, 5.74) is -5.66. The monoisotopic (exact) mass is 442 g/mol. The van der Waals surface area contributed by atoms with E-state index in [1.165, 1.54) is 0 Å². The molecule has 0 bridgehead atoms. The fraction of sp³-hybridized carbons (Fsp3) is 1.00. The van der Waals surface area contributed by atoms with Crippen molar-refractivity contribution in [1.29, 1.82) is 0 Å². The largest absolute Gasteiger partial charge is 0.581 e. The first-order valence-corrected chi connectivity index (χ1v) is 12.4. The summed E-state index contributed by atoms with van der Waals surface area (Å²) in [6, 6.07) is 0. The van der Waals surface area contributed by atoms with Crippen molar-refractivity contribution in [2.75, 3.05) is 21.3 Å². The molecule has 26 heavy (non-hydrogen) atoms. The van der Waals surface area contributed by atoms with Crippen LogP contribution in [-0.4, -0.2) is 62.5 Å². The first kappa shape index (κ1) is 27.9. The van der Waals surface area contributed by atoms with Crippen LogP contribution in [0.1, 0.15) is 12.8 Å². The summed E-state index contributed by atoms with van der Waals surface area (Å²) >= 11 is 0. The number of rotatable bonds is 8. The highest BCUT2D eigenvalue weighted by molar-refractivity contribution is 6.63. The lowest BCUT2D eigenvalue weighted by Gasteiger charge is -2.39. The average Bonchev–Trinajstić information content (AvgIpc) is 2.46. The molecule has 0 radical (unpaired) electrons. The molecule has 0 aromatic rings. The third-order valence-corrected chi connectivity index (χ3v) is 5.46. The van der Waals surface area contributed by atoms with Crippen LogP contribution in [0.4, 0.5) is 39.5 Å². The van der Waals surface area contributed by atoms with Crippen LogP contribution < -0.4 is 0 Å². The molecule has 0 aliphatic rings. The topological polar surface area (TPSA) is 27.7 Å². The van der Waals surface area contributed by atoms with Crippen LogP contribution in [0.5, 0.6) is 0 Å². The van der Waals surface area contributed by atoms with Gasteiger partial charge >= 0.3 is 32.4 Å². The van der Waals surface area contributed by atoms with Gasteiger partial charge in [0, 0.05) is 43.0 Å². The zero-order valence-corrected chi connectivity index (χ0v) is 17.3. The number of hydrogen-bond acceptors (Lipinski definition) is 3. The lowest BCUT2D eigenvalue weighted by atomic mass is 10.1. The Labute approximate surface area is 148 Å². The Morgan fingerprint density at radius 2 is 1.00 bits per heavy atom. The fourth-order valence-electron chi connectivity index (χ4n) is 1.51. The summed E-state index contributed by atoms with van der Waals surface area (Å²) in [5.74, 6) is -11.8. The molecule has 0 aliphatic carbocycles. The standard InChI is InChI=1S/C9H13F9O3Si.C3H10Si/c1-19-22(20-2,21-3)9(17,18)8(15,16)6(10,11)4-5-7(12,13)14;1-4(2)3/h4-5H2,1-3H3;4H,1-3H3. The summed E-state index contributed by atoms with van der Waals surface area (Å²) in [4.78, 5) is 0. The van der Waals surface area contributed by atoms with E-state index in [1.54, 1.807) is 0 Å². The van der Waals surface area contributed by atoms with Gasteiger partial charge < -0.3 is 13.3 Å². The van der Waals surface area contributed by atoms with E-state index < -0.39 is 45.2 Å². The summed E-state index contributed by atoms with van der Waals surface area (Å²) in [7, 11) is -4.34. The Balaban J connectivity index is 0. The number of halogens is 9. The number of hydrogen-bond donors (Lipinski definition) is 0. The van der Waals surface area contributed by atoms with E-state index in [-0.39, 0.29) is 8.80 Å². The first-order chi connectivity index (χ1) is 11.4. The van der Waals surface area contributed by atoms with E-state index >= 15 is 0 Å². The second-order valence-electron chi connectivity index (χ2n) is 5.87. The van der Waals surface area contributed by atoms with E-state index in [0.717, 1.165) is 0 Å². The average molecular weight is 442 g/mol. The van der Waals surface area contributed by atoms with E-state index in [4.69, 9.17) is 0 Å². The van der Waals surface area contributed by atoms with Gasteiger partial charge in [0.2, 0.25) is 0 Å². The molecular weight excluding hydrogens is 419 g/mol. The minimum absolute atomic E-state index is 0.139. The van der Waals surface area contributed by atoms with Crippen LogP contribution >= 0.6 is 0 Å². The second kappa shape index (κ2) is 9.75. The van der Waals surface area contributed by atoms with Crippen molar-refractivity contribution >= 4 is 17.6 Å². The maximum absolute atomic E-state index is 13.8. The van der Waals surface area contributed by atoms with Crippen molar-refractivity contribution in [1.82, 2.24) is 0 Å². The van der Waals surface area contributed by atoms with Crippen LogP contribution in [0.25, 0.3) is 0 Å². The molecule has 0 atom stereocenters. The van der Waals surface area contributed by atoms with Gasteiger partial charge in [-0.05, 0) is 0 Å². The van der Waals surface area contributed by atoms with Gasteiger partial charge in [0.05, 0.1) is 0 Å². The Kier molecular flexibility index (Phi) is 10.5. The van der Waals surface area contributed by atoms with E-state index in [9.17, 15) is 39.5 Å². The summed E-state index contributed by atoms with van der Waals surface area (Å²) in [5, 5.41) is 0. The predicted octanol–water partition coefficient (Wildman–Crippen LogP) is 4.76. The van der Waals surface area contributed by atoms with Crippen molar-refractivity contribution in [3.63, 3.8) is 0 Å². The molecule has 0 aromatic carbocycles. The molecule has 0 amide bonds. The zero-order chi connectivity index (χ0) is 21.6. The van der Waals surface area contributed by atoms with Crippen molar-refractivity contribution in [2.24, 2.45) is 0 Å². The van der Waals surface area contributed by atoms with Gasteiger partial charge in [0.25, 0.3) is 0 Å². The van der Waals surface area contributed by atoms with Gasteiger partial charge in [0.15, 0.2) is 0 Å². The Morgan fingerprint density at radius 1 is 0.692 bits per heavy atom. The van der Waals surface area contributed by atoms with E-state index in [2.05, 4.69) is 32.9 Å². The normalized spacial score (nSPS) is 14.3. The van der Waals surface area contributed by atoms with Crippen LogP contribution in [0.3, 0.4) is 0 Å². The molecule has 0 unspecified atom stereocenters. The van der Waals surface area contributed by atoms with Crippen molar-refractivity contribution in [3.8, 4) is 0 Å². The fourth-order valence-corrected chi connectivity index (χ4v) is 3.35. The van der Waals surface area contributed by atoms with Crippen LogP contribution in [0.2, 0.25) is 19.6 Å². The van der Waals surface area contributed by atoms with Gasteiger partial charge in [-0.2, -0.15) is 39.5 Å². The van der Waals surface area contributed by atoms with Crippen LogP contribution in [0.15, 0.2) is 0 Å². The molecule has 0 heterocycles. The van der Waals surface area contributed by atoms with Crippen molar-refractivity contribution in [3.05, 3.63) is 0 Å². The van der Waals surface area contributed by atoms with Gasteiger partial charge in [-0.15, -0.1) is 0 Å². The highest BCUT2D eigenvalue weighted by Gasteiger charge is 2.83. The molecule has 3 nitrogen and oxygen atoms in total. The third kappa shape index (κ3) is 6.69. The molecule has 0 N–H and O–H groups in total. The molecule has 0 aromatic heterocycles. The summed E-state index contributed by atoms with van der Waals surface area (Å²) in [6.07, 6.45) is -10.1. The second-order valence-corrected chi connectivity index (χ2v) is 12.3. The SMILES string of the molecule is CO[Si](OC)(OC)C(F)(F)C(F)(F)C(F)(F)CCC(F)(F)F.C[SiH](C)C. The first-order valence-electron chi connectivity index (χ1n) is 7.23. The van der Waals surface area contributed by atoms with Gasteiger partial charge in [0.1, 0.15) is 0 Å². The molecule has 0 aliphatic heterocycles. The number of alkyl halides is 9. The maximum atomic E-state index is 13.8. The molecule has 160 valence electrons.